The number of nitrogens with one attached hydrogen (secondary N) is 1. The van der Waals surface area contributed by atoms with E-state index in [0.29, 0.717) is 29.2 Å². The number of hydrogen-bond donors (Lipinski definition) is 2. The van der Waals surface area contributed by atoms with Gasteiger partial charge in [0.25, 0.3) is 0 Å². The first-order valence-electron chi connectivity index (χ1n) is 9.27. The lowest BCUT2D eigenvalue weighted by Gasteiger charge is -2.24. The average molecular weight is 423 g/mol. The molecule has 1 aliphatic rings. The Bertz CT molecular complexity index is 1140. The number of amides is 1. The van der Waals surface area contributed by atoms with Crippen LogP contribution in [0.5, 0.6) is 5.75 Å². The normalized spacial score (nSPS) is 15.2. The Labute approximate surface area is 176 Å². The van der Waals surface area contributed by atoms with Crippen LogP contribution in [0.4, 0.5) is 10.1 Å². The van der Waals surface area contributed by atoms with Crippen LogP contribution in [0, 0.1) is 5.82 Å². The SMILES string of the molecule is C=CCOc1ccc([C@H]2CC(=O)Nc3c2sc(C(=O)O)c3-c2cccc(F)c2)cc1. The molecule has 0 saturated heterocycles. The fourth-order valence-electron chi connectivity index (χ4n) is 3.58. The number of carbonyl (C=O) groups is 2. The molecule has 30 heavy (non-hydrogen) atoms. The van der Waals surface area contributed by atoms with Gasteiger partial charge in [-0.15, -0.1) is 11.3 Å². The van der Waals surface area contributed by atoms with Crippen LogP contribution in [0.3, 0.4) is 0 Å². The van der Waals surface area contributed by atoms with Gasteiger partial charge in [0.15, 0.2) is 0 Å². The van der Waals surface area contributed by atoms with E-state index in [1.54, 1.807) is 12.1 Å². The number of halogens is 1. The average Bonchev–Trinajstić information content (AvgIpc) is 3.11. The Hall–Kier alpha value is -3.45. The van der Waals surface area contributed by atoms with Gasteiger partial charge in [-0.25, -0.2) is 9.18 Å². The number of benzene rings is 2. The first kappa shape index (κ1) is 19.8. The zero-order valence-corrected chi connectivity index (χ0v) is 16.7. The van der Waals surface area contributed by atoms with E-state index >= 15 is 0 Å². The number of hydrogen-bond acceptors (Lipinski definition) is 4. The zero-order chi connectivity index (χ0) is 21.3. The summed E-state index contributed by atoms with van der Waals surface area (Å²) in [7, 11) is 0. The van der Waals surface area contributed by atoms with Crippen LogP contribution in [0.25, 0.3) is 11.1 Å². The minimum absolute atomic E-state index is 0.0729. The fourth-order valence-corrected chi connectivity index (χ4v) is 4.82. The highest BCUT2D eigenvalue weighted by atomic mass is 32.1. The molecule has 2 heterocycles. The predicted molar refractivity (Wildman–Crippen MR) is 114 cm³/mol. The molecule has 0 unspecified atom stereocenters. The molecule has 7 heteroatoms. The molecule has 1 amide bonds. The summed E-state index contributed by atoms with van der Waals surface area (Å²) in [6, 6.07) is 13.1. The van der Waals surface area contributed by atoms with Crippen LogP contribution < -0.4 is 10.1 Å². The number of carbonyl (C=O) groups excluding carboxylic acids is 1. The first-order valence-corrected chi connectivity index (χ1v) is 10.1. The van der Waals surface area contributed by atoms with Gasteiger partial charge in [0.1, 0.15) is 23.1 Å². The summed E-state index contributed by atoms with van der Waals surface area (Å²) in [6.07, 6.45) is 1.85. The first-order chi connectivity index (χ1) is 14.5. The van der Waals surface area contributed by atoms with E-state index in [1.165, 1.54) is 18.2 Å². The summed E-state index contributed by atoms with van der Waals surface area (Å²) in [4.78, 5) is 25.2. The van der Waals surface area contributed by atoms with Crippen molar-refractivity contribution < 1.29 is 23.8 Å². The largest absolute Gasteiger partial charge is 0.490 e. The third-order valence-corrected chi connectivity index (χ3v) is 6.16. The lowest BCUT2D eigenvalue weighted by Crippen LogP contribution is -2.22. The second-order valence-electron chi connectivity index (χ2n) is 6.83. The van der Waals surface area contributed by atoms with Crippen molar-refractivity contribution in [3.63, 3.8) is 0 Å². The molecule has 0 fully saturated rings. The molecule has 0 aliphatic carbocycles. The van der Waals surface area contributed by atoms with E-state index in [9.17, 15) is 19.1 Å². The summed E-state index contributed by atoms with van der Waals surface area (Å²) in [5.41, 5.74) is 2.07. The van der Waals surface area contributed by atoms with Crippen LogP contribution in [0.1, 0.15) is 32.5 Å². The van der Waals surface area contributed by atoms with Gasteiger partial charge in [-0.05, 0) is 35.4 Å². The molecule has 152 valence electrons. The van der Waals surface area contributed by atoms with Crippen molar-refractivity contribution in [2.45, 2.75) is 12.3 Å². The Morgan fingerprint density at radius 2 is 2.07 bits per heavy atom. The quantitative estimate of drug-likeness (QED) is 0.528. The standard InChI is InChI=1S/C23H18FNO4S/c1-2-10-29-16-8-6-13(7-9-16)17-12-18(26)25-20-19(14-4-3-5-15(24)11-14)22(23(27)28)30-21(17)20/h2-9,11,17H,1,10,12H2,(H,25,26)(H,27,28)/t17-/m1/s1. The molecule has 5 nitrogen and oxygen atoms in total. The summed E-state index contributed by atoms with van der Waals surface area (Å²) >= 11 is 1.11. The zero-order valence-electron chi connectivity index (χ0n) is 15.9. The third-order valence-electron chi connectivity index (χ3n) is 4.86. The smallest absolute Gasteiger partial charge is 0.346 e. The monoisotopic (exact) mass is 423 g/mol. The van der Waals surface area contributed by atoms with Gasteiger partial charge in [0.05, 0.1) is 5.69 Å². The van der Waals surface area contributed by atoms with Crippen molar-refractivity contribution in [2.24, 2.45) is 0 Å². The molecule has 1 atom stereocenters. The van der Waals surface area contributed by atoms with Gasteiger partial charge in [-0.3, -0.25) is 4.79 Å². The maximum Gasteiger partial charge on any atom is 0.346 e. The Balaban J connectivity index is 1.82. The van der Waals surface area contributed by atoms with Crippen LogP contribution in [-0.2, 0) is 4.79 Å². The maximum atomic E-state index is 13.8. The van der Waals surface area contributed by atoms with Gasteiger partial charge in [-0.1, -0.05) is 36.9 Å². The van der Waals surface area contributed by atoms with Crippen molar-refractivity contribution in [1.29, 1.82) is 0 Å². The molecule has 1 aromatic heterocycles. The molecule has 4 rings (SSSR count). The number of thiophene rings is 1. The highest BCUT2D eigenvalue weighted by Crippen LogP contribution is 2.49. The fraction of sp³-hybridized carbons (Fsp3) is 0.130. The minimum atomic E-state index is -1.12. The van der Waals surface area contributed by atoms with E-state index < -0.39 is 11.8 Å². The van der Waals surface area contributed by atoms with Gasteiger partial charge in [0.2, 0.25) is 5.91 Å². The van der Waals surface area contributed by atoms with Crippen molar-refractivity contribution >= 4 is 28.9 Å². The van der Waals surface area contributed by atoms with E-state index in [1.807, 2.05) is 24.3 Å². The topological polar surface area (TPSA) is 75.6 Å². The van der Waals surface area contributed by atoms with Crippen LogP contribution >= 0.6 is 11.3 Å². The lowest BCUT2D eigenvalue weighted by atomic mass is 9.88. The van der Waals surface area contributed by atoms with Crippen LogP contribution in [-0.4, -0.2) is 23.6 Å². The van der Waals surface area contributed by atoms with Gasteiger partial charge < -0.3 is 15.2 Å². The molecule has 3 aromatic rings. The van der Waals surface area contributed by atoms with Crippen LogP contribution in [0.15, 0.2) is 61.2 Å². The van der Waals surface area contributed by atoms with Crippen molar-refractivity contribution in [3.05, 3.63) is 82.3 Å². The number of anilines is 1. The molecule has 0 saturated carbocycles. The number of ether oxygens (including phenoxy) is 1. The van der Waals surface area contributed by atoms with E-state index in [2.05, 4.69) is 11.9 Å². The Morgan fingerprint density at radius 1 is 1.30 bits per heavy atom. The summed E-state index contributed by atoms with van der Waals surface area (Å²) in [5.74, 6) is -1.43. The number of rotatable bonds is 6. The number of fused-ring (bicyclic) bond motifs is 1. The third kappa shape index (κ3) is 3.71. The molecule has 0 radical (unpaired) electrons. The van der Waals surface area contributed by atoms with E-state index in [0.717, 1.165) is 21.8 Å². The Morgan fingerprint density at radius 3 is 2.73 bits per heavy atom. The maximum absolute atomic E-state index is 13.8. The van der Waals surface area contributed by atoms with E-state index in [4.69, 9.17) is 4.74 Å². The van der Waals surface area contributed by atoms with Crippen molar-refractivity contribution in [2.75, 3.05) is 11.9 Å². The lowest BCUT2D eigenvalue weighted by molar-refractivity contribution is -0.116. The van der Waals surface area contributed by atoms with Gasteiger partial charge in [0, 0.05) is 22.8 Å². The van der Waals surface area contributed by atoms with Gasteiger partial charge in [-0.2, -0.15) is 0 Å². The van der Waals surface area contributed by atoms with Crippen molar-refractivity contribution in [3.8, 4) is 16.9 Å². The molecule has 2 N–H and O–H groups in total. The number of carboxylic acid groups (broad SMARTS) is 1. The molecule has 2 aromatic carbocycles. The second-order valence-corrected chi connectivity index (χ2v) is 7.89. The summed E-state index contributed by atoms with van der Waals surface area (Å²) in [5, 5.41) is 12.6. The molecular formula is C23H18FNO4S. The minimum Gasteiger partial charge on any atom is -0.490 e. The molecular weight excluding hydrogens is 405 g/mol. The van der Waals surface area contributed by atoms with Crippen molar-refractivity contribution in [1.82, 2.24) is 0 Å². The summed E-state index contributed by atoms with van der Waals surface area (Å²) < 4.78 is 19.3. The van der Waals surface area contributed by atoms with Crippen LogP contribution in [0.2, 0.25) is 0 Å². The highest BCUT2D eigenvalue weighted by Gasteiger charge is 2.34. The molecule has 0 bridgehead atoms. The predicted octanol–water partition coefficient (Wildman–Crippen LogP) is 5.29. The number of aromatic carboxylic acids is 1. The second kappa shape index (κ2) is 8.12. The summed E-state index contributed by atoms with van der Waals surface area (Å²) in [6.45, 7) is 4.00. The van der Waals surface area contributed by atoms with E-state index in [-0.39, 0.29) is 23.1 Å². The Kier molecular flexibility index (Phi) is 5.37. The number of carboxylic acids is 1. The highest BCUT2D eigenvalue weighted by molar-refractivity contribution is 7.15. The molecule has 1 aliphatic heterocycles. The molecule has 0 spiro atoms. The van der Waals surface area contributed by atoms with Gasteiger partial charge >= 0.3 is 5.97 Å².